The van der Waals surface area contributed by atoms with Crippen LogP contribution in [0.1, 0.15) is 34.8 Å². The smallest absolute Gasteiger partial charge is 0.544 e. The van der Waals surface area contributed by atoms with Crippen molar-refractivity contribution in [1.82, 2.24) is 15.5 Å². The predicted molar refractivity (Wildman–Crippen MR) is 184 cm³/mol. The molecule has 0 saturated carbocycles. The van der Waals surface area contributed by atoms with E-state index in [0.717, 1.165) is 29.4 Å². The zero-order chi connectivity index (χ0) is 35.7. The number of methoxy groups -OCH3 is 1. The fourth-order valence-corrected chi connectivity index (χ4v) is 6.37. The number of hydrogen-bond donors (Lipinski definition) is 4. The van der Waals surface area contributed by atoms with Gasteiger partial charge < -0.3 is 40.2 Å². The third-order valence-corrected chi connectivity index (χ3v) is 8.97. The zero-order valence-corrected chi connectivity index (χ0v) is 31.0. The first-order chi connectivity index (χ1) is 24.1. The first kappa shape index (κ1) is 39.9. The Morgan fingerprint density at radius 1 is 0.863 bits per heavy atom. The number of nitrogens with one attached hydrogen (secondary N) is 2. The minimum atomic E-state index is -2.33. The van der Waals surface area contributed by atoms with Crippen LogP contribution in [0.15, 0.2) is 115 Å². The van der Waals surface area contributed by atoms with Gasteiger partial charge in [-0.15, -0.1) is 0 Å². The second kappa shape index (κ2) is 18.5. The van der Waals surface area contributed by atoms with Crippen LogP contribution in [0.3, 0.4) is 0 Å². The molecule has 51 heavy (non-hydrogen) atoms. The number of carbonyl (C=O) groups excluding carboxylic acids is 3. The molecule has 11 nitrogen and oxygen atoms in total. The van der Waals surface area contributed by atoms with Crippen molar-refractivity contribution in [3.05, 3.63) is 132 Å². The summed E-state index contributed by atoms with van der Waals surface area (Å²) in [7, 11) is 1.16. The number of aliphatic hydroxyl groups excluding tert-OH is 2. The van der Waals surface area contributed by atoms with Crippen molar-refractivity contribution < 1.29 is 68.7 Å². The van der Waals surface area contributed by atoms with Gasteiger partial charge in [0.2, 0.25) is 11.7 Å². The number of hydrogen-bond acceptors (Lipinski definition) is 9. The number of carboxylic acid groups (broad SMARTS) is 1. The maximum Gasteiger partial charge on any atom is 1.00 e. The third kappa shape index (κ3) is 10.1. The summed E-state index contributed by atoms with van der Waals surface area (Å²) in [6.07, 6.45) is -5.18. The van der Waals surface area contributed by atoms with Gasteiger partial charge in [-0.05, 0) is 34.4 Å². The normalized spacial score (nSPS) is 21.2. The van der Waals surface area contributed by atoms with Gasteiger partial charge in [-0.2, -0.15) is 0 Å². The number of ether oxygens (including phenoxy) is 2. The van der Waals surface area contributed by atoms with Crippen molar-refractivity contribution in [2.75, 3.05) is 13.7 Å². The minimum Gasteiger partial charge on any atom is -0.544 e. The Balaban J connectivity index is 0.00000583. The molecule has 4 N–H and O–H groups in total. The summed E-state index contributed by atoms with van der Waals surface area (Å²) in [4.78, 5) is 40.3. The molecule has 5 rings (SSSR count). The van der Waals surface area contributed by atoms with Gasteiger partial charge in [0.1, 0.15) is 18.2 Å². The molecule has 1 saturated heterocycles. The van der Waals surface area contributed by atoms with Gasteiger partial charge in [0.15, 0.2) is 0 Å². The number of benzene rings is 4. The van der Waals surface area contributed by atoms with Gasteiger partial charge >= 0.3 is 29.6 Å². The van der Waals surface area contributed by atoms with E-state index in [9.17, 15) is 29.7 Å². The van der Waals surface area contributed by atoms with E-state index in [-0.39, 0.29) is 36.0 Å². The molecule has 1 aliphatic heterocycles. The number of carboxylic acids is 1. The first-order valence-corrected chi connectivity index (χ1v) is 16.4. The number of amides is 2. The maximum atomic E-state index is 13.0. The molecule has 1 fully saturated rings. The molecule has 4 aromatic rings. The molecule has 0 aromatic heterocycles. The van der Waals surface area contributed by atoms with Gasteiger partial charge in [-0.1, -0.05) is 103 Å². The second-order valence-corrected chi connectivity index (χ2v) is 12.4. The second-order valence-electron chi connectivity index (χ2n) is 12.4. The fraction of sp³-hybridized carbons (Fsp3) is 0.308. The van der Waals surface area contributed by atoms with Crippen LogP contribution in [0, 0.1) is 0 Å². The Labute approximate surface area is 319 Å². The molecule has 12 heteroatoms. The average Bonchev–Trinajstić information content (AvgIpc) is 3.14. The van der Waals surface area contributed by atoms with Crippen LogP contribution >= 0.6 is 0 Å². The van der Waals surface area contributed by atoms with E-state index in [4.69, 9.17) is 9.47 Å². The summed E-state index contributed by atoms with van der Waals surface area (Å²) in [5, 5.41) is 41.0. The summed E-state index contributed by atoms with van der Waals surface area (Å²) < 4.78 is 11.4. The standard InChI is InChI=1S/C39H43N3O8.Na/c1-26(43)41-34-32(42(24-27-12-6-3-7-13-27)25-28-14-8-4-9-15-28)22-39(49-2,38(47)48)50-36(34)35(45)33(44)23-40-37(46)31-20-18-30(19-21-31)29-16-10-5-11-17-29;/h3-21,32-36,44-45H,22-25H2,1-2H3,(H,40,46)(H,41,43)(H,47,48);/q;+1/p-1/t32-,33+,34+,35+,36+,39+;/m0./s1. The molecule has 0 radical (unpaired) electrons. The van der Waals surface area contributed by atoms with Gasteiger partial charge in [0, 0.05) is 51.7 Å². The number of rotatable bonds is 14. The molecule has 1 heterocycles. The Kier molecular flexibility index (Phi) is 14.5. The van der Waals surface area contributed by atoms with Crippen molar-refractivity contribution in [3.8, 4) is 11.1 Å². The van der Waals surface area contributed by atoms with Crippen LogP contribution in [-0.2, 0) is 32.2 Å². The molecule has 0 unspecified atom stereocenters. The van der Waals surface area contributed by atoms with E-state index in [1.807, 2.05) is 108 Å². The largest absolute Gasteiger partial charge is 1.00 e. The zero-order valence-electron chi connectivity index (χ0n) is 29.0. The summed E-state index contributed by atoms with van der Waals surface area (Å²) in [5.41, 5.74) is 4.10. The maximum absolute atomic E-state index is 13.0. The summed E-state index contributed by atoms with van der Waals surface area (Å²) in [6.45, 7) is 1.58. The van der Waals surface area contributed by atoms with Gasteiger partial charge in [-0.3, -0.25) is 14.5 Å². The third-order valence-electron chi connectivity index (χ3n) is 8.97. The molecular weight excluding hydrogens is 661 g/mol. The van der Waals surface area contributed by atoms with E-state index in [0.29, 0.717) is 18.7 Å². The van der Waals surface area contributed by atoms with Crippen LogP contribution in [0.2, 0.25) is 0 Å². The van der Waals surface area contributed by atoms with Crippen LogP contribution in [0.5, 0.6) is 0 Å². The molecule has 262 valence electrons. The quantitative estimate of drug-likeness (QED) is 0.124. The van der Waals surface area contributed by atoms with Crippen molar-refractivity contribution in [2.24, 2.45) is 0 Å². The van der Waals surface area contributed by atoms with Crippen molar-refractivity contribution in [3.63, 3.8) is 0 Å². The Morgan fingerprint density at radius 3 is 1.86 bits per heavy atom. The minimum absolute atomic E-state index is 0. The van der Waals surface area contributed by atoms with E-state index in [1.165, 1.54) is 6.92 Å². The van der Waals surface area contributed by atoms with Crippen LogP contribution in [0.25, 0.3) is 11.1 Å². The summed E-state index contributed by atoms with van der Waals surface area (Å²) in [5.74, 6) is -4.96. The van der Waals surface area contributed by atoms with Gasteiger partial charge in [-0.25, -0.2) is 0 Å². The summed E-state index contributed by atoms with van der Waals surface area (Å²) in [6, 6.07) is 33.9. The topological polar surface area (TPSA) is 160 Å². The number of aliphatic hydroxyl groups is 2. The monoisotopic (exact) mass is 703 g/mol. The molecule has 0 aliphatic carbocycles. The number of nitrogens with zero attached hydrogens (tertiary/aromatic N) is 1. The van der Waals surface area contributed by atoms with Crippen molar-refractivity contribution >= 4 is 17.8 Å². The van der Waals surface area contributed by atoms with E-state index in [2.05, 4.69) is 10.6 Å². The van der Waals surface area contributed by atoms with Crippen LogP contribution < -0.4 is 45.3 Å². The molecule has 0 bridgehead atoms. The van der Waals surface area contributed by atoms with Gasteiger partial charge in [0.25, 0.3) is 5.91 Å². The Bertz CT molecular complexity index is 1670. The molecule has 1 aliphatic rings. The SMILES string of the molecule is CO[C@]1(C(=O)[O-])C[C@H](N(Cc2ccccc2)Cc2ccccc2)[C@@H](NC(C)=O)[C@H]([C@H](O)[C@H](O)CNC(=O)c2ccc(-c3ccccc3)cc2)O1.[Na+]. The van der Waals surface area contributed by atoms with E-state index in [1.54, 1.807) is 12.1 Å². The molecule has 6 atom stereocenters. The first-order valence-electron chi connectivity index (χ1n) is 16.4. The predicted octanol–water partition coefficient (Wildman–Crippen LogP) is -0.734. The Morgan fingerprint density at radius 2 is 1.37 bits per heavy atom. The van der Waals surface area contributed by atoms with Crippen molar-refractivity contribution in [1.29, 1.82) is 0 Å². The number of aliphatic carboxylic acids is 1. The van der Waals surface area contributed by atoms with Crippen LogP contribution in [-0.4, -0.2) is 82.7 Å². The number of carbonyl (C=O) groups is 3. The Hall–Kier alpha value is -3.91. The molecule has 2 amide bonds. The van der Waals surface area contributed by atoms with Crippen LogP contribution in [0.4, 0.5) is 0 Å². The fourth-order valence-electron chi connectivity index (χ4n) is 6.37. The molecule has 4 aromatic carbocycles. The van der Waals surface area contributed by atoms with E-state index < -0.39 is 60.5 Å². The van der Waals surface area contributed by atoms with Gasteiger partial charge in [0.05, 0.1) is 12.1 Å². The molecule has 0 spiro atoms. The molecular formula is C39H42N3NaO8. The van der Waals surface area contributed by atoms with Crippen molar-refractivity contribution in [2.45, 2.75) is 62.6 Å². The summed E-state index contributed by atoms with van der Waals surface area (Å²) >= 11 is 0. The van der Waals surface area contributed by atoms with E-state index >= 15 is 0 Å². The average molecular weight is 704 g/mol.